The standard InChI is InChI=1S/C19H16N4O4S/c1-26-14-7-11-13(8-15(14)27-2)20-10-23(18(11)25)9-17(24)22-19-21-12-5-3-4-6-16(12)28-19/h3-8,10H,9H2,1-2H3,(H,21,22,24). The number of benzene rings is 2. The Bertz CT molecular complexity index is 1210. The van der Waals surface area contributed by atoms with Gasteiger partial charge in [-0.25, -0.2) is 9.97 Å². The molecule has 0 atom stereocenters. The van der Waals surface area contributed by atoms with Gasteiger partial charge in [-0.15, -0.1) is 0 Å². The highest BCUT2D eigenvalue weighted by Crippen LogP contribution is 2.30. The summed E-state index contributed by atoms with van der Waals surface area (Å²) >= 11 is 1.38. The van der Waals surface area contributed by atoms with Crippen molar-refractivity contribution >= 4 is 43.5 Å². The van der Waals surface area contributed by atoms with Crippen molar-refractivity contribution < 1.29 is 14.3 Å². The molecule has 2 aromatic heterocycles. The van der Waals surface area contributed by atoms with E-state index in [-0.39, 0.29) is 18.0 Å². The Morgan fingerprint density at radius 2 is 1.89 bits per heavy atom. The molecule has 0 bridgehead atoms. The van der Waals surface area contributed by atoms with E-state index in [4.69, 9.17) is 9.47 Å². The summed E-state index contributed by atoms with van der Waals surface area (Å²) in [5.41, 5.74) is 0.935. The van der Waals surface area contributed by atoms with E-state index in [1.165, 1.54) is 36.5 Å². The van der Waals surface area contributed by atoms with Crippen LogP contribution in [0.5, 0.6) is 11.5 Å². The number of fused-ring (bicyclic) bond motifs is 2. The molecule has 8 nitrogen and oxygen atoms in total. The number of nitrogens with zero attached hydrogens (tertiary/aromatic N) is 3. The van der Waals surface area contributed by atoms with Crippen LogP contribution in [0, 0.1) is 0 Å². The average molecular weight is 396 g/mol. The third kappa shape index (κ3) is 3.27. The Morgan fingerprint density at radius 1 is 1.14 bits per heavy atom. The number of methoxy groups -OCH3 is 2. The maximum atomic E-state index is 12.8. The summed E-state index contributed by atoms with van der Waals surface area (Å²) in [6.45, 7) is -0.175. The lowest BCUT2D eigenvalue weighted by Crippen LogP contribution is -2.27. The molecule has 9 heteroatoms. The first-order chi connectivity index (χ1) is 13.6. The first-order valence-electron chi connectivity index (χ1n) is 8.35. The van der Waals surface area contributed by atoms with E-state index >= 15 is 0 Å². The zero-order chi connectivity index (χ0) is 19.7. The van der Waals surface area contributed by atoms with Crippen LogP contribution >= 0.6 is 11.3 Å². The predicted molar refractivity (Wildman–Crippen MR) is 107 cm³/mol. The zero-order valence-corrected chi connectivity index (χ0v) is 15.9. The van der Waals surface area contributed by atoms with Gasteiger partial charge in [0.2, 0.25) is 5.91 Å². The van der Waals surface area contributed by atoms with E-state index in [2.05, 4.69) is 15.3 Å². The lowest BCUT2D eigenvalue weighted by Gasteiger charge is -2.10. The van der Waals surface area contributed by atoms with Crippen molar-refractivity contribution in [1.82, 2.24) is 14.5 Å². The lowest BCUT2D eigenvalue weighted by atomic mass is 10.2. The van der Waals surface area contributed by atoms with Gasteiger partial charge in [0.05, 0.1) is 41.7 Å². The Balaban J connectivity index is 1.60. The molecule has 0 aliphatic carbocycles. The Labute approximate surface area is 163 Å². The number of hydrogen-bond acceptors (Lipinski definition) is 7. The summed E-state index contributed by atoms with van der Waals surface area (Å²) in [6, 6.07) is 10.8. The first kappa shape index (κ1) is 17.9. The topological polar surface area (TPSA) is 95.3 Å². The highest BCUT2D eigenvalue weighted by atomic mass is 32.1. The van der Waals surface area contributed by atoms with Gasteiger partial charge in [0, 0.05) is 6.07 Å². The minimum absolute atomic E-state index is 0.175. The van der Waals surface area contributed by atoms with Crippen molar-refractivity contribution in [3.8, 4) is 11.5 Å². The second-order valence-corrected chi connectivity index (χ2v) is 6.97. The molecule has 0 aliphatic heterocycles. The van der Waals surface area contributed by atoms with Crippen molar-refractivity contribution in [2.45, 2.75) is 6.54 Å². The van der Waals surface area contributed by atoms with Crippen LogP contribution in [0.4, 0.5) is 5.13 Å². The summed E-state index contributed by atoms with van der Waals surface area (Å²) in [4.78, 5) is 33.8. The van der Waals surface area contributed by atoms with Gasteiger partial charge in [0.15, 0.2) is 16.6 Å². The normalized spacial score (nSPS) is 10.9. The molecule has 1 amide bonds. The van der Waals surface area contributed by atoms with E-state index in [0.717, 1.165) is 10.2 Å². The number of aromatic nitrogens is 3. The fourth-order valence-corrected chi connectivity index (χ4v) is 3.72. The lowest BCUT2D eigenvalue weighted by molar-refractivity contribution is -0.116. The van der Waals surface area contributed by atoms with Crippen LogP contribution in [0.3, 0.4) is 0 Å². The molecule has 0 saturated heterocycles. The number of rotatable bonds is 5. The molecule has 0 unspecified atom stereocenters. The van der Waals surface area contributed by atoms with E-state index in [1.54, 1.807) is 12.1 Å². The van der Waals surface area contributed by atoms with Gasteiger partial charge >= 0.3 is 0 Å². The smallest absolute Gasteiger partial charge is 0.261 e. The van der Waals surface area contributed by atoms with Crippen LogP contribution in [0.2, 0.25) is 0 Å². The monoisotopic (exact) mass is 396 g/mol. The molecule has 1 N–H and O–H groups in total. The van der Waals surface area contributed by atoms with Gasteiger partial charge in [-0.3, -0.25) is 14.2 Å². The summed E-state index contributed by atoms with van der Waals surface area (Å²) < 4.78 is 12.7. The molecular formula is C19H16N4O4S. The molecule has 0 saturated carbocycles. The van der Waals surface area contributed by atoms with E-state index in [0.29, 0.717) is 27.5 Å². The van der Waals surface area contributed by atoms with Crippen LogP contribution < -0.4 is 20.3 Å². The number of nitrogens with one attached hydrogen (secondary N) is 1. The summed E-state index contributed by atoms with van der Waals surface area (Å²) in [7, 11) is 3.00. The van der Waals surface area contributed by atoms with Gasteiger partial charge in [0.25, 0.3) is 5.56 Å². The summed E-state index contributed by atoms with van der Waals surface area (Å²) in [5, 5.41) is 3.56. The molecule has 142 valence electrons. The van der Waals surface area contributed by atoms with Crippen molar-refractivity contribution in [2.75, 3.05) is 19.5 Å². The number of hydrogen-bond donors (Lipinski definition) is 1. The molecule has 0 fully saturated rings. The van der Waals surface area contributed by atoms with Gasteiger partial charge in [-0.2, -0.15) is 0 Å². The van der Waals surface area contributed by atoms with Gasteiger partial charge in [-0.05, 0) is 18.2 Å². The minimum Gasteiger partial charge on any atom is -0.493 e. The quantitative estimate of drug-likeness (QED) is 0.557. The molecular weight excluding hydrogens is 380 g/mol. The van der Waals surface area contributed by atoms with Crippen LogP contribution in [-0.2, 0) is 11.3 Å². The molecule has 0 radical (unpaired) electrons. The third-order valence-corrected chi connectivity index (χ3v) is 5.14. The molecule has 28 heavy (non-hydrogen) atoms. The Hall–Kier alpha value is -3.46. The molecule has 2 aromatic carbocycles. The molecule has 0 spiro atoms. The fraction of sp³-hybridized carbons (Fsp3) is 0.158. The average Bonchev–Trinajstić information content (AvgIpc) is 3.11. The number of thiazole rings is 1. The number of anilines is 1. The predicted octanol–water partition coefficient (Wildman–Crippen LogP) is 2.66. The molecule has 2 heterocycles. The van der Waals surface area contributed by atoms with Crippen LogP contribution in [0.1, 0.15) is 0 Å². The number of amides is 1. The van der Waals surface area contributed by atoms with E-state index in [1.807, 2.05) is 24.3 Å². The van der Waals surface area contributed by atoms with Crippen molar-refractivity contribution in [2.24, 2.45) is 0 Å². The second kappa shape index (κ2) is 7.28. The number of carbonyl (C=O) groups excluding carboxylic acids is 1. The van der Waals surface area contributed by atoms with E-state index < -0.39 is 0 Å². The maximum Gasteiger partial charge on any atom is 0.261 e. The summed E-state index contributed by atoms with van der Waals surface area (Å²) in [6.07, 6.45) is 1.34. The molecule has 0 aliphatic rings. The maximum absolute atomic E-state index is 12.8. The number of para-hydroxylation sites is 1. The van der Waals surface area contributed by atoms with Crippen molar-refractivity contribution in [3.63, 3.8) is 0 Å². The van der Waals surface area contributed by atoms with Crippen molar-refractivity contribution in [1.29, 1.82) is 0 Å². The fourth-order valence-electron chi connectivity index (χ4n) is 2.84. The van der Waals surface area contributed by atoms with Crippen LogP contribution in [-0.4, -0.2) is 34.7 Å². The first-order valence-corrected chi connectivity index (χ1v) is 9.17. The molecule has 4 aromatic rings. The van der Waals surface area contributed by atoms with E-state index in [9.17, 15) is 9.59 Å². The summed E-state index contributed by atoms with van der Waals surface area (Å²) in [5.74, 6) is 0.543. The third-order valence-electron chi connectivity index (χ3n) is 4.18. The van der Waals surface area contributed by atoms with Crippen molar-refractivity contribution in [3.05, 3.63) is 53.1 Å². The van der Waals surface area contributed by atoms with Crippen LogP contribution in [0.15, 0.2) is 47.5 Å². The van der Waals surface area contributed by atoms with Gasteiger partial charge in [0.1, 0.15) is 6.54 Å². The van der Waals surface area contributed by atoms with Gasteiger partial charge in [-0.1, -0.05) is 23.5 Å². The Kier molecular flexibility index (Phi) is 4.66. The highest BCUT2D eigenvalue weighted by molar-refractivity contribution is 7.22. The Morgan fingerprint density at radius 3 is 2.64 bits per heavy atom. The largest absolute Gasteiger partial charge is 0.493 e. The number of carbonyl (C=O) groups is 1. The highest BCUT2D eigenvalue weighted by Gasteiger charge is 2.13. The number of ether oxygens (including phenoxy) is 2. The zero-order valence-electron chi connectivity index (χ0n) is 15.1. The van der Waals surface area contributed by atoms with Gasteiger partial charge < -0.3 is 14.8 Å². The minimum atomic E-state index is -0.359. The SMILES string of the molecule is COc1cc2ncn(CC(=O)Nc3nc4ccccc4s3)c(=O)c2cc1OC. The molecule has 4 rings (SSSR count). The van der Waals surface area contributed by atoms with Crippen LogP contribution in [0.25, 0.3) is 21.1 Å². The second-order valence-electron chi connectivity index (χ2n) is 5.94.